The Morgan fingerprint density at radius 3 is 2.71 bits per heavy atom. The Bertz CT molecular complexity index is 202. The molecule has 0 aromatic rings. The molecule has 0 bridgehead atoms. The van der Waals surface area contributed by atoms with Gasteiger partial charge in [-0.15, -0.1) is 0 Å². The van der Waals surface area contributed by atoms with Crippen LogP contribution in [0.25, 0.3) is 0 Å². The smallest absolute Gasteiger partial charge is 0.234 e. The second kappa shape index (κ2) is 4.72. The van der Waals surface area contributed by atoms with Crippen LogP contribution < -0.4 is 11.1 Å². The van der Waals surface area contributed by atoms with Crippen molar-refractivity contribution in [2.45, 2.75) is 31.4 Å². The van der Waals surface area contributed by atoms with Crippen molar-refractivity contribution in [1.82, 2.24) is 5.32 Å². The van der Waals surface area contributed by atoms with Crippen molar-refractivity contribution in [3.8, 4) is 0 Å². The van der Waals surface area contributed by atoms with E-state index in [1.54, 1.807) is 6.92 Å². The molecule has 1 saturated heterocycles. The fourth-order valence-corrected chi connectivity index (χ4v) is 1.37. The van der Waals surface area contributed by atoms with E-state index < -0.39 is 17.6 Å². The fourth-order valence-electron chi connectivity index (χ4n) is 1.37. The van der Waals surface area contributed by atoms with Gasteiger partial charge in [0.2, 0.25) is 5.91 Å². The van der Waals surface area contributed by atoms with E-state index in [1.807, 2.05) is 0 Å². The number of hydrogen-bond donors (Lipinski definition) is 3. The Balaban J connectivity index is 2.31. The standard InChI is InChI=1S/C9H18N2O3/c1-7(8(10)12)11-6-9(13)2-4-14-5-3-9/h7,11,13H,2-6H2,1H3,(H2,10,12). The first-order valence-corrected chi connectivity index (χ1v) is 4.86. The first-order chi connectivity index (χ1) is 6.53. The molecule has 82 valence electrons. The summed E-state index contributed by atoms with van der Waals surface area (Å²) in [4.78, 5) is 10.7. The molecule has 1 fully saturated rings. The van der Waals surface area contributed by atoms with Crippen LogP contribution in [-0.2, 0) is 9.53 Å². The molecule has 1 amide bonds. The van der Waals surface area contributed by atoms with E-state index in [0.29, 0.717) is 32.6 Å². The Labute approximate surface area is 83.6 Å². The number of hydrogen-bond acceptors (Lipinski definition) is 4. The molecule has 0 aromatic carbocycles. The number of aliphatic hydroxyl groups is 1. The van der Waals surface area contributed by atoms with Crippen molar-refractivity contribution >= 4 is 5.91 Å². The van der Waals surface area contributed by atoms with Crippen LogP contribution in [-0.4, -0.2) is 42.4 Å². The number of nitrogens with two attached hydrogens (primary N) is 1. The van der Waals surface area contributed by atoms with Gasteiger partial charge in [-0.05, 0) is 6.92 Å². The van der Waals surface area contributed by atoms with Crippen LogP contribution in [0.3, 0.4) is 0 Å². The number of rotatable bonds is 4. The zero-order chi connectivity index (χ0) is 10.6. The third-order valence-electron chi connectivity index (χ3n) is 2.59. The highest BCUT2D eigenvalue weighted by atomic mass is 16.5. The highest BCUT2D eigenvalue weighted by molar-refractivity contribution is 5.79. The van der Waals surface area contributed by atoms with E-state index in [4.69, 9.17) is 10.5 Å². The van der Waals surface area contributed by atoms with Gasteiger partial charge in [-0.25, -0.2) is 0 Å². The topological polar surface area (TPSA) is 84.6 Å². The average molecular weight is 202 g/mol. The van der Waals surface area contributed by atoms with Gasteiger partial charge in [0, 0.05) is 32.6 Å². The quantitative estimate of drug-likeness (QED) is 0.545. The molecule has 1 rings (SSSR count). The summed E-state index contributed by atoms with van der Waals surface area (Å²) < 4.78 is 5.14. The maximum Gasteiger partial charge on any atom is 0.234 e. The normalized spacial score (nSPS) is 23.0. The molecule has 0 saturated carbocycles. The Morgan fingerprint density at radius 1 is 1.64 bits per heavy atom. The molecular formula is C9H18N2O3. The van der Waals surface area contributed by atoms with Crippen molar-refractivity contribution < 1.29 is 14.6 Å². The van der Waals surface area contributed by atoms with Gasteiger partial charge in [-0.2, -0.15) is 0 Å². The summed E-state index contributed by atoms with van der Waals surface area (Å²) in [5.74, 6) is -0.402. The molecule has 1 atom stereocenters. The molecule has 0 aliphatic carbocycles. The van der Waals surface area contributed by atoms with Crippen LogP contribution in [0.4, 0.5) is 0 Å². The molecule has 1 unspecified atom stereocenters. The highest BCUT2D eigenvalue weighted by Crippen LogP contribution is 2.19. The molecule has 0 spiro atoms. The maximum absolute atomic E-state index is 10.7. The minimum atomic E-state index is -0.748. The summed E-state index contributed by atoms with van der Waals surface area (Å²) in [5, 5.41) is 12.9. The lowest BCUT2D eigenvalue weighted by molar-refractivity contribution is -0.120. The molecule has 0 radical (unpaired) electrons. The predicted molar refractivity (Wildman–Crippen MR) is 51.7 cm³/mol. The van der Waals surface area contributed by atoms with E-state index in [2.05, 4.69) is 5.32 Å². The summed E-state index contributed by atoms with van der Waals surface area (Å²) in [5.41, 5.74) is 4.34. The molecule has 4 N–H and O–H groups in total. The van der Waals surface area contributed by atoms with E-state index in [1.165, 1.54) is 0 Å². The first-order valence-electron chi connectivity index (χ1n) is 4.86. The first kappa shape index (κ1) is 11.4. The number of carbonyl (C=O) groups excluding carboxylic acids is 1. The molecule has 1 aliphatic rings. The SMILES string of the molecule is CC(NCC1(O)CCOCC1)C(N)=O. The van der Waals surface area contributed by atoms with Crippen molar-refractivity contribution in [1.29, 1.82) is 0 Å². The molecule has 14 heavy (non-hydrogen) atoms. The van der Waals surface area contributed by atoms with Crippen LogP contribution >= 0.6 is 0 Å². The maximum atomic E-state index is 10.7. The van der Waals surface area contributed by atoms with Gasteiger partial charge < -0.3 is 20.9 Å². The van der Waals surface area contributed by atoms with Crippen LogP contribution in [0.15, 0.2) is 0 Å². The van der Waals surface area contributed by atoms with Gasteiger partial charge >= 0.3 is 0 Å². The molecule has 5 heteroatoms. The van der Waals surface area contributed by atoms with Crippen LogP contribution in [0.5, 0.6) is 0 Å². The largest absolute Gasteiger partial charge is 0.388 e. The molecule has 5 nitrogen and oxygen atoms in total. The van der Waals surface area contributed by atoms with E-state index in [-0.39, 0.29) is 0 Å². The molecule has 0 aromatic heterocycles. The second-order valence-electron chi connectivity index (χ2n) is 3.84. The van der Waals surface area contributed by atoms with Gasteiger partial charge in [0.05, 0.1) is 11.6 Å². The third kappa shape index (κ3) is 3.25. The monoisotopic (exact) mass is 202 g/mol. The molecule has 1 aliphatic heterocycles. The van der Waals surface area contributed by atoms with Crippen molar-refractivity contribution in [3.63, 3.8) is 0 Å². The van der Waals surface area contributed by atoms with Crippen molar-refractivity contribution in [3.05, 3.63) is 0 Å². The minimum absolute atomic E-state index is 0.389. The number of carbonyl (C=O) groups is 1. The average Bonchev–Trinajstić information content (AvgIpc) is 2.15. The summed E-state index contributed by atoms with van der Waals surface area (Å²) in [6, 6.07) is -0.401. The molecular weight excluding hydrogens is 184 g/mol. The predicted octanol–water partition coefficient (Wildman–Crippen LogP) is -1.01. The van der Waals surface area contributed by atoms with Gasteiger partial charge in [0.25, 0.3) is 0 Å². The van der Waals surface area contributed by atoms with Gasteiger partial charge in [0.1, 0.15) is 0 Å². The molecule has 1 heterocycles. The van der Waals surface area contributed by atoms with Crippen LogP contribution in [0, 0.1) is 0 Å². The van der Waals surface area contributed by atoms with Gasteiger partial charge in [0.15, 0.2) is 0 Å². The van der Waals surface area contributed by atoms with E-state index in [9.17, 15) is 9.90 Å². The number of nitrogens with one attached hydrogen (secondary N) is 1. The minimum Gasteiger partial charge on any atom is -0.388 e. The zero-order valence-corrected chi connectivity index (χ0v) is 8.45. The third-order valence-corrected chi connectivity index (χ3v) is 2.59. The zero-order valence-electron chi connectivity index (χ0n) is 8.45. The lowest BCUT2D eigenvalue weighted by Gasteiger charge is -2.32. The Kier molecular flexibility index (Phi) is 3.86. The van der Waals surface area contributed by atoms with Crippen molar-refractivity contribution in [2.75, 3.05) is 19.8 Å². The lowest BCUT2D eigenvalue weighted by atomic mass is 9.94. The number of primary amides is 1. The van der Waals surface area contributed by atoms with E-state index >= 15 is 0 Å². The second-order valence-corrected chi connectivity index (χ2v) is 3.84. The summed E-state index contributed by atoms with van der Waals surface area (Å²) in [6.07, 6.45) is 1.21. The summed E-state index contributed by atoms with van der Waals surface area (Å²) in [6.45, 7) is 3.22. The summed E-state index contributed by atoms with van der Waals surface area (Å²) >= 11 is 0. The summed E-state index contributed by atoms with van der Waals surface area (Å²) in [7, 11) is 0. The van der Waals surface area contributed by atoms with Crippen molar-refractivity contribution in [2.24, 2.45) is 5.73 Å². The number of amides is 1. The van der Waals surface area contributed by atoms with Crippen LogP contribution in [0.2, 0.25) is 0 Å². The number of ether oxygens (including phenoxy) is 1. The lowest BCUT2D eigenvalue weighted by Crippen LogP contribution is -2.50. The van der Waals surface area contributed by atoms with Gasteiger partial charge in [-0.3, -0.25) is 4.79 Å². The van der Waals surface area contributed by atoms with Gasteiger partial charge in [-0.1, -0.05) is 0 Å². The fraction of sp³-hybridized carbons (Fsp3) is 0.889. The highest BCUT2D eigenvalue weighted by Gasteiger charge is 2.30. The van der Waals surface area contributed by atoms with E-state index in [0.717, 1.165) is 0 Å². The Morgan fingerprint density at radius 2 is 2.21 bits per heavy atom. The Hall–Kier alpha value is -0.650. The van der Waals surface area contributed by atoms with Crippen LogP contribution in [0.1, 0.15) is 19.8 Å².